The number of nitrogens with two attached hydrogens (primary N) is 1. The lowest BCUT2D eigenvalue weighted by Gasteiger charge is -2.11. The van der Waals surface area contributed by atoms with E-state index in [1.807, 2.05) is 42.5 Å². The Morgan fingerprint density at radius 1 is 0.897 bits per heavy atom. The molecule has 3 aromatic carbocycles. The average Bonchev–Trinajstić information content (AvgIpc) is 3.13. The summed E-state index contributed by atoms with van der Waals surface area (Å²) in [7, 11) is -3.94. The Hall–Kier alpha value is -2.45. The Labute approximate surface area is 181 Å². The van der Waals surface area contributed by atoms with Crippen LogP contribution in [0.5, 0.6) is 0 Å². The van der Waals surface area contributed by atoms with Crippen molar-refractivity contribution in [2.24, 2.45) is 5.14 Å². The van der Waals surface area contributed by atoms with Crippen LogP contribution in [0.3, 0.4) is 0 Å². The van der Waals surface area contributed by atoms with Crippen molar-refractivity contribution in [3.8, 4) is 28.2 Å². The second kappa shape index (κ2) is 7.76. The molecule has 4 rings (SSSR count). The molecule has 0 bridgehead atoms. The van der Waals surface area contributed by atoms with Gasteiger partial charge in [-0.05, 0) is 42.5 Å². The summed E-state index contributed by atoms with van der Waals surface area (Å²) in [6, 6.07) is 23.4. The minimum atomic E-state index is -3.94. The zero-order valence-corrected chi connectivity index (χ0v) is 18.1. The maximum absolute atomic E-state index is 12.2. The fraction of sp³-hybridized carbons (Fsp3) is 0. The highest BCUT2D eigenvalue weighted by molar-refractivity contribution is 9.10. The van der Waals surface area contributed by atoms with Crippen molar-refractivity contribution in [3.63, 3.8) is 0 Å². The molecule has 0 aliphatic carbocycles. The third-order valence-electron chi connectivity index (χ3n) is 4.37. The van der Waals surface area contributed by atoms with Crippen LogP contribution in [0.25, 0.3) is 28.2 Å². The SMILES string of the molecule is NS(=O)(=O)c1ccccc1-n1nc(-c2cccc(Br)c2)cc1-c1ccc(Cl)cc1. The minimum absolute atomic E-state index is 0.000828. The molecule has 0 aliphatic rings. The molecule has 1 heterocycles. The lowest BCUT2D eigenvalue weighted by Crippen LogP contribution is -2.16. The molecule has 0 saturated heterocycles. The molecule has 29 heavy (non-hydrogen) atoms. The quantitative estimate of drug-likeness (QED) is 0.425. The van der Waals surface area contributed by atoms with E-state index in [2.05, 4.69) is 15.9 Å². The Morgan fingerprint density at radius 2 is 1.62 bits per heavy atom. The zero-order valence-electron chi connectivity index (χ0n) is 15.0. The Balaban J connectivity index is 1.99. The van der Waals surface area contributed by atoms with Crippen molar-refractivity contribution >= 4 is 37.6 Å². The Kier molecular flexibility index (Phi) is 5.31. The number of nitrogens with zero attached hydrogens (tertiary/aromatic N) is 2. The molecule has 8 heteroatoms. The van der Waals surface area contributed by atoms with Crippen LogP contribution in [-0.4, -0.2) is 18.2 Å². The number of para-hydroxylation sites is 1. The fourth-order valence-electron chi connectivity index (χ4n) is 3.05. The van der Waals surface area contributed by atoms with Gasteiger partial charge in [-0.15, -0.1) is 0 Å². The molecule has 5 nitrogen and oxygen atoms in total. The molecule has 2 N–H and O–H groups in total. The zero-order chi connectivity index (χ0) is 20.6. The second-order valence-electron chi connectivity index (χ2n) is 6.36. The number of sulfonamides is 1. The van der Waals surface area contributed by atoms with Gasteiger partial charge in [0.1, 0.15) is 4.90 Å². The molecule has 1 aromatic heterocycles. The van der Waals surface area contributed by atoms with Crippen LogP contribution in [0.4, 0.5) is 0 Å². The van der Waals surface area contributed by atoms with E-state index in [-0.39, 0.29) is 4.90 Å². The number of rotatable bonds is 4. The molecule has 0 saturated carbocycles. The maximum atomic E-state index is 12.2. The van der Waals surface area contributed by atoms with Crippen LogP contribution in [0, 0.1) is 0 Å². The van der Waals surface area contributed by atoms with E-state index in [4.69, 9.17) is 21.8 Å². The van der Waals surface area contributed by atoms with Gasteiger partial charge in [-0.2, -0.15) is 5.10 Å². The molecular weight excluding hydrogens is 474 g/mol. The molecule has 0 amide bonds. The van der Waals surface area contributed by atoms with Crippen LogP contribution in [-0.2, 0) is 10.0 Å². The second-order valence-corrected chi connectivity index (χ2v) is 9.24. The number of primary sulfonamides is 1. The highest BCUT2D eigenvalue weighted by Gasteiger charge is 2.20. The molecule has 0 aliphatic heterocycles. The van der Waals surface area contributed by atoms with E-state index in [0.29, 0.717) is 22.1 Å². The summed E-state index contributed by atoms with van der Waals surface area (Å²) in [5, 5.41) is 10.8. The average molecular weight is 489 g/mol. The first kappa shape index (κ1) is 19.8. The van der Waals surface area contributed by atoms with Crippen molar-refractivity contribution in [1.82, 2.24) is 9.78 Å². The fourth-order valence-corrected chi connectivity index (χ4v) is 4.29. The summed E-state index contributed by atoms with van der Waals surface area (Å²) in [6.07, 6.45) is 0. The van der Waals surface area contributed by atoms with Gasteiger partial charge in [-0.25, -0.2) is 18.2 Å². The van der Waals surface area contributed by atoms with Crippen molar-refractivity contribution in [3.05, 3.63) is 88.4 Å². The first-order valence-corrected chi connectivity index (χ1v) is 11.3. The van der Waals surface area contributed by atoms with Gasteiger partial charge in [0, 0.05) is 20.6 Å². The van der Waals surface area contributed by atoms with Crippen LogP contribution >= 0.6 is 27.5 Å². The van der Waals surface area contributed by atoms with Crippen LogP contribution in [0.2, 0.25) is 5.02 Å². The van der Waals surface area contributed by atoms with Crippen LogP contribution < -0.4 is 5.14 Å². The summed E-state index contributed by atoms with van der Waals surface area (Å²) in [5.41, 5.74) is 3.52. The van der Waals surface area contributed by atoms with Gasteiger partial charge in [0.25, 0.3) is 0 Å². The number of benzene rings is 3. The third kappa shape index (κ3) is 4.13. The first-order chi connectivity index (χ1) is 13.8. The van der Waals surface area contributed by atoms with E-state index in [1.54, 1.807) is 35.0 Å². The van der Waals surface area contributed by atoms with E-state index in [9.17, 15) is 8.42 Å². The number of halogens is 2. The van der Waals surface area contributed by atoms with Gasteiger partial charge < -0.3 is 0 Å². The largest absolute Gasteiger partial charge is 0.240 e. The number of hydrogen-bond donors (Lipinski definition) is 1. The van der Waals surface area contributed by atoms with E-state index in [0.717, 1.165) is 15.6 Å². The van der Waals surface area contributed by atoms with Gasteiger partial charge in [0.2, 0.25) is 10.0 Å². The molecule has 146 valence electrons. The summed E-state index contributed by atoms with van der Waals surface area (Å²) in [5.74, 6) is 0. The summed E-state index contributed by atoms with van der Waals surface area (Å²) in [6.45, 7) is 0. The first-order valence-electron chi connectivity index (χ1n) is 8.57. The van der Waals surface area contributed by atoms with Gasteiger partial charge in [-0.3, -0.25) is 0 Å². The van der Waals surface area contributed by atoms with Crippen LogP contribution in [0.1, 0.15) is 0 Å². The molecule has 0 unspecified atom stereocenters. The van der Waals surface area contributed by atoms with E-state index < -0.39 is 10.0 Å². The highest BCUT2D eigenvalue weighted by Crippen LogP contribution is 2.32. The highest BCUT2D eigenvalue weighted by atomic mass is 79.9. The van der Waals surface area contributed by atoms with E-state index in [1.165, 1.54) is 6.07 Å². The molecule has 0 radical (unpaired) electrons. The molecular formula is C21H15BrClN3O2S. The standard InChI is InChI=1S/C21H15BrClN3O2S/c22-16-5-3-4-15(12-16)18-13-20(14-8-10-17(23)11-9-14)26(25-18)19-6-1-2-7-21(19)29(24,27)28/h1-13H,(H2,24,27,28). The van der Waals surface area contributed by atoms with Crippen molar-refractivity contribution in [1.29, 1.82) is 0 Å². The van der Waals surface area contributed by atoms with Crippen molar-refractivity contribution in [2.75, 3.05) is 0 Å². The van der Waals surface area contributed by atoms with E-state index >= 15 is 0 Å². The smallest absolute Gasteiger partial charge is 0.231 e. The van der Waals surface area contributed by atoms with Crippen LogP contribution in [0.15, 0.2) is 88.2 Å². The Bertz CT molecular complexity index is 1300. The van der Waals surface area contributed by atoms with Crippen molar-refractivity contribution < 1.29 is 8.42 Å². The monoisotopic (exact) mass is 487 g/mol. The third-order valence-corrected chi connectivity index (χ3v) is 6.07. The predicted octanol–water partition coefficient (Wildman–Crippen LogP) is 5.27. The lowest BCUT2D eigenvalue weighted by atomic mass is 10.1. The number of aromatic nitrogens is 2. The summed E-state index contributed by atoms with van der Waals surface area (Å²) < 4.78 is 26.8. The molecule has 0 fully saturated rings. The minimum Gasteiger partial charge on any atom is -0.231 e. The lowest BCUT2D eigenvalue weighted by molar-refractivity contribution is 0.596. The predicted molar refractivity (Wildman–Crippen MR) is 119 cm³/mol. The molecule has 0 spiro atoms. The van der Waals surface area contributed by atoms with Gasteiger partial charge in [-0.1, -0.05) is 63.9 Å². The number of hydrogen-bond acceptors (Lipinski definition) is 3. The Morgan fingerprint density at radius 3 is 2.31 bits per heavy atom. The van der Waals surface area contributed by atoms with Gasteiger partial charge in [0.15, 0.2) is 0 Å². The topological polar surface area (TPSA) is 78.0 Å². The summed E-state index contributed by atoms with van der Waals surface area (Å²) in [4.78, 5) is -0.000828. The molecule has 4 aromatic rings. The normalized spacial score (nSPS) is 11.6. The van der Waals surface area contributed by atoms with Gasteiger partial charge in [0.05, 0.1) is 17.1 Å². The maximum Gasteiger partial charge on any atom is 0.240 e. The summed E-state index contributed by atoms with van der Waals surface area (Å²) >= 11 is 9.51. The van der Waals surface area contributed by atoms with Crippen molar-refractivity contribution in [2.45, 2.75) is 4.90 Å². The van der Waals surface area contributed by atoms with Gasteiger partial charge >= 0.3 is 0 Å². The molecule has 0 atom stereocenters.